The third-order valence-electron chi connectivity index (χ3n) is 2.75. The predicted octanol–water partition coefficient (Wildman–Crippen LogP) is 2.05. The van der Waals surface area contributed by atoms with Crippen molar-refractivity contribution in [3.8, 4) is 0 Å². The number of hydrogen-bond donors (Lipinski definition) is 2. The van der Waals surface area contributed by atoms with Crippen LogP contribution in [0.5, 0.6) is 0 Å². The van der Waals surface area contributed by atoms with E-state index >= 15 is 0 Å². The quantitative estimate of drug-likeness (QED) is 0.801. The van der Waals surface area contributed by atoms with Gasteiger partial charge in [-0.1, -0.05) is 31.2 Å². The number of carbonyl (C=O) groups is 1. The summed E-state index contributed by atoms with van der Waals surface area (Å²) in [5, 5.41) is 17.8. The molecule has 0 spiro atoms. The summed E-state index contributed by atoms with van der Waals surface area (Å²) < 4.78 is 0. The van der Waals surface area contributed by atoms with Gasteiger partial charge in [-0.05, 0) is 30.4 Å². The fraction of sp³-hybridized carbons (Fsp3) is 0.462. The molecule has 2 N–H and O–H groups in total. The molecule has 0 radical (unpaired) electrons. The molecule has 3 nitrogen and oxygen atoms in total. The summed E-state index contributed by atoms with van der Waals surface area (Å²) >= 11 is 0. The number of hydrogen-bond acceptors (Lipinski definition) is 2. The third-order valence-corrected chi connectivity index (χ3v) is 2.75. The lowest BCUT2D eigenvalue weighted by molar-refractivity contribution is -0.138. The lowest BCUT2D eigenvalue weighted by Crippen LogP contribution is -2.08. The Morgan fingerprint density at radius 1 is 1.25 bits per heavy atom. The molecule has 0 bridgehead atoms. The average molecular weight is 222 g/mol. The Hall–Kier alpha value is -1.35. The van der Waals surface area contributed by atoms with Gasteiger partial charge in [0.15, 0.2) is 0 Å². The van der Waals surface area contributed by atoms with Gasteiger partial charge in [-0.15, -0.1) is 0 Å². The van der Waals surface area contributed by atoms with Crippen molar-refractivity contribution in [1.29, 1.82) is 0 Å². The molecule has 1 rings (SSSR count). The monoisotopic (exact) mass is 222 g/mol. The van der Waals surface area contributed by atoms with Crippen LogP contribution in [0, 0.1) is 5.92 Å². The Morgan fingerprint density at radius 2 is 1.81 bits per heavy atom. The zero-order valence-electron chi connectivity index (χ0n) is 9.68. The van der Waals surface area contributed by atoms with Crippen molar-refractivity contribution in [2.45, 2.75) is 26.2 Å². The SMILES string of the molecule is CC(CO)Cc1ccc([C@H](C)C(=O)O)cc1. The summed E-state index contributed by atoms with van der Waals surface area (Å²) in [4.78, 5) is 10.8. The highest BCUT2D eigenvalue weighted by Crippen LogP contribution is 2.17. The van der Waals surface area contributed by atoms with Crippen LogP contribution < -0.4 is 0 Å². The number of benzene rings is 1. The van der Waals surface area contributed by atoms with Gasteiger partial charge in [0.05, 0.1) is 5.92 Å². The maximum Gasteiger partial charge on any atom is 0.310 e. The molecule has 0 fully saturated rings. The molecule has 0 heterocycles. The summed E-state index contributed by atoms with van der Waals surface area (Å²) in [6, 6.07) is 7.55. The van der Waals surface area contributed by atoms with Gasteiger partial charge in [0.2, 0.25) is 0 Å². The summed E-state index contributed by atoms with van der Waals surface area (Å²) in [7, 11) is 0. The molecule has 0 aliphatic rings. The molecule has 0 aliphatic carbocycles. The van der Waals surface area contributed by atoms with Crippen LogP contribution in [-0.2, 0) is 11.2 Å². The fourth-order valence-electron chi connectivity index (χ4n) is 1.55. The van der Waals surface area contributed by atoms with Crippen molar-refractivity contribution in [3.63, 3.8) is 0 Å². The first-order chi connectivity index (χ1) is 7.54. The Kier molecular flexibility index (Phi) is 4.50. The Labute approximate surface area is 95.7 Å². The van der Waals surface area contributed by atoms with E-state index in [0.29, 0.717) is 0 Å². The van der Waals surface area contributed by atoms with E-state index < -0.39 is 11.9 Å². The molecule has 0 saturated heterocycles. The fourth-order valence-corrected chi connectivity index (χ4v) is 1.55. The first-order valence-electron chi connectivity index (χ1n) is 5.47. The van der Waals surface area contributed by atoms with Crippen molar-refractivity contribution in [2.24, 2.45) is 5.92 Å². The molecule has 0 saturated carbocycles. The highest BCUT2D eigenvalue weighted by molar-refractivity contribution is 5.75. The zero-order valence-corrected chi connectivity index (χ0v) is 9.68. The third kappa shape index (κ3) is 3.35. The molecule has 88 valence electrons. The highest BCUT2D eigenvalue weighted by atomic mass is 16.4. The topological polar surface area (TPSA) is 57.5 Å². The van der Waals surface area contributed by atoms with Crippen molar-refractivity contribution < 1.29 is 15.0 Å². The second kappa shape index (κ2) is 5.66. The maximum absolute atomic E-state index is 10.8. The second-order valence-electron chi connectivity index (χ2n) is 4.29. The molecule has 3 heteroatoms. The lowest BCUT2D eigenvalue weighted by atomic mass is 9.96. The van der Waals surface area contributed by atoms with Crippen LogP contribution >= 0.6 is 0 Å². The maximum atomic E-state index is 10.8. The van der Waals surface area contributed by atoms with Crippen LogP contribution in [0.1, 0.15) is 30.9 Å². The number of carboxylic acid groups (broad SMARTS) is 1. The van der Waals surface area contributed by atoms with Gasteiger partial charge in [-0.2, -0.15) is 0 Å². The van der Waals surface area contributed by atoms with Crippen molar-refractivity contribution >= 4 is 5.97 Å². The number of aliphatic carboxylic acids is 1. The van der Waals surface area contributed by atoms with E-state index in [4.69, 9.17) is 10.2 Å². The van der Waals surface area contributed by atoms with E-state index in [9.17, 15) is 4.79 Å². The number of rotatable bonds is 5. The predicted molar refractivity (Wildman–Crippen MR) is 62.4 cm³/mol. The van der Waals surface area contributed by atoms with Crippen LogP contribution in [-0.4, -0.2) is 22.8 Å². The molecular weight excluding hydrogens is 204 g/mol. The molecule has 1 aromatic rings. The molecule has 1 aromatic carbocycles. The summed E-state index contributed by atoms with van der Waals surface area (Å²) in [6.45, 7) is 3.83. The van der Waals surface area contributed by atoms with Crippen LogP contribution in [0.25, 0.3) is 0 Å². The summed E-state index contributed by atoms with van der Waals surface area (Å²) in [5.41, 5.74) is 1.94. The first-order valence-corrected chi connectivity index (χ1v) is 5.47. The largest absolute Gasteiger partial charge is 0.481 e. The Morgan fingerprint density at radius 3 is 2.25 bits per heavy atom. The molecule has 1 unspecified atom stereocenters. The van der Waals surface area contributed by atoms with Crippen LogP contribution in [0.2, 0.25) is 0 Å². The standard InChI is InChI=1S/C13H18O3/c1-9(8-14)7-11-3-5-12(6-4-11)10(2)13(15)16/h3-6,9-10,14H,7-8H2,1-2H3,(H,15,16)/t9?,10-/m0/s1. The van der Waals surface area contributed by atoms with Gasteiger partial charge < -0.3 is 10.2 Å². The van der Waals surface area contributed by atoms with Gasteiger partial charge in [0.25, 0.3) is 0 Å². The van der Waals surface area contributed by atoms with Gasteiger partial charge in [-0.25, -0.2) is 0 Å². The summed E-state index contributed by atoms with van der Waals surface area (Å²) in [6.07, 6.45) is 0.818. The highest BCUT2D eigenvalue weighted by Gasteiger charge is 2.13. The van der Waals surface area contributed by atoms with Gasteiger partial charge in [-0.3, -0.25) is 4.79 Å². The van der Waals surface area contributed by atoms with Crippen molar-refractivity contribution in [2.75, 3.05) is 6.61 Å². The normalized spacial score (nSPS) is 14.4. The minimum Gasteiger partial charge on any atom is -0.481 e. The molecule has 2 atom stereocenters. The molecule has 0 aliphatic heterocycles. The van der Waals surface area contributed by atoms with E-state index in [-0.39, 0.29) is 12.5 Å². The average Bonchev–Trinajstić information content (AvgIpc) is 2.28. The lowest BCUT2D eigenvalue weighted by Gasteiger charge is -2.10. The van der Waals surface area contributed by atoms with Crippen molar-refractivity contribution in [3.05, 3.63) is 35.4 Å². The van der Waals surface area contributed by atoms with Crippen LogP contribution in [0.15, 0.2) is 24.3 Å². The van der Waals surface area contributed by atoms with Crippen LogP contribution in [0.3, 0.4) is 0 Å². The zero-order chi connectivity index (χ0) is 12.1. The Balaban J connectivity index is 2.71. The molecule has 16 heavy (non-hydrogen) atoms. The van der Waals surface area contributed by atoms with Gasteiger partial charge in [0, 0.05) is 6.61 Å². The minimum atomic E-state index is -0.809. The van der Waals surface area contributed by atoms with E-state index in [1.807, 2.05) is 31.2 Å². The Bertz CT molecular complexity index is 343. The smallest absolute Gasteiger partial charge is 0.310 e. The van der Waals surface area contributed by atoms with Gasteiger partial charge >= 0.3 is 5.97 Å². The molecule has 0 amide bonds. The van der Waals surface area contributed by atoms with Gasteiger partial charge in [0.1, 0.15) is 0 Å². The molecular formula is C13H18O3. The number of aliphatic hydroxyl groups excluding tert-OH is 1. The minimum absolute atomic E-state index is 0.174. The second-order valence-corrected chi connectivity index (χ2v) is 4.29. The van der Waals surface area contributed by atoms with E-state index in [2.05, 4.69) is 0 Å². The van der Waals surface area contributed by atoms with E-state index in [1.165, 1.54) is 0 Å². The van der Waals surface area contributed by atoms with Crippen LogP contribution in [0.4, 0.5) is 0 Å². The molecule has 0 aromatic heterocycles. The number of carboxylic acids is 1. The summed E-state index contributed by atoms with van der Waals surface area (Å²) in [5.74, 6) is -1.04. The van der Waals surface area contributed by atoms with Crippen molar-refractivity contribution in [1.82, 2.24) is 0 Å². The first kappa shape index (κ1) is 12.7. The number of aliphatic hydroxyl groups is 1. The van der Waals surface area contributed by atoms with E-state index in [0.717, 1.165) is 17.5 Å². The van der Waals surface area contributed by atoms with E-state index in [1.54, 1.807) is 6.92 Å².